The van der Waals surface area contributed by atoms with E-state index in [1.165, 1.54) is 0 Å². The van der Waals surface area contributed by atoms with Gasteiger partial charge in [-0.25, -0.2) is 0 Å². The molecule has 0 aromatic heterocycles. The smallest absolute Gasteiger partial charge is 0.294 e. The third kappa shape index (κ3) is 2.62. The zero-order valence-corrected chi connectivity index (χ0v) is 7.97. The zero-order chi connectivity index (χ0) is 11.6. The molecule has 1 aromatic rings. The number of nitro groups is 1. The standard InChI is InChI=1S/C6H6N2O6S/c7-14-5-1-4(8(9)10)2-6(3-5)15(11,12)13/h1-3H,7H2,(H,11,12,13). The first-order valence-electron chi connectivity index (χ1n) is 3.48. The van der Waals surface area contributed by atoms with Crippen LogP contribution in [0.1, 0.15) is 0 Å². The third-order valence-electron chi connectivity index (χ3n) is 1.51. The lowest BCUT2D eigenvalue weighted by molar-refractivity contribution is -0.385. The highest BCUT2D eigenvalue weighted by atomic mass is 32.2. The number of hydrogen-bond donors (Lipinski definition) is 2. The molecule has 0 amide bonds. The summed E-state index contributed by atoms with van der Waals surface area (Å²) in [6.07, 6.45) is 0. The van der Waals surface area contributed by atoms with Gasteiger partial charge in [-0.2, -0.15) is 14.3 Å². The average molecular weight is 234 g/mol. The van der Waals surface area contributed by atoms with Gasteiger partial charge in [-0.3, -0.25) is 14.7 Å². The normalized spacial score (nSPS) is 11.1. The Balaban J connectivity index is 3.43. The molecule has 15 heavy (non-hydrogen) atoms. The van der Waals surface area contributed by atoms with Gasteiger partial charge >= 0.3 is 0 Å². The van der Waals surface area contributed by atoms with Gasteiger partial charge in [0.15, 0.2) is 5.75 Å². The first-order valence-corrected chi connectivity index (χ1v) is 4.92. The molecule has 0 spiro atoms. The number of nitro benzene ring substituents is 1. The van der Waals surface area contributed by atoms with Gasteiger partial charge in [-0.1, -0.05) is 0 Å². The van der Waals surface area contributed by atoms with Crippen molar-refractivity contribution in [3.8, 4) is 5.75 Å². The molecule has 0 bridgehead atoms. The van der Waals surface area contributed by atoms with Gasteiger partial charge in [0.2, 0.25) is 0 Å². The fraction of sp³-hybridized carbons (Fsp3) is 0. The molecular formula is C6H6N2O6S. The Labute approximate surface area is 84.1 Å². The lowest BCUT2D eigenvalue weighted by atomic mass is 10.3. The Morgan fingerprint density at radius 1 is 1.40 bits per heavy atom. The zero-order valence-electron chi connectivity index (χ0n) is 7.15. The van der Waals surface area contributed by atoms with Crippen LogP contribution in [-0.4, -0.2) is 17.9 Å². The Hall–Kier alpha value is -1.71. The molecule has 0 aliphatic rings. The van der Waals surface area contributed by atoms with Crippen LogP contribution in [0.15, 0.2) is 23.1 Å². The maximum Gasteiger partial charge on any atom is 0.294 e. The molecule has 1 rings (SSSR count). The summed E-state index contributed by atoms with van der Waals surface area (Å²) in [5, 5.41) is 10.4. The first kappa shape index (κ1) is 11.4. The number of benzene rings is 1. The summed E-state index contributed by atoms with van der Waals surface area (Å²) >= 11 is 0. The molecule has 0 saturated heterocycles. The summed E-state index contributed by atoms with van der Waals surface area (Å²) in [5.41, 5.74) is -0.550. The minimum absolute atomic E-state index is 0.239. The van der Waals surface area contributed by atoms with E-state index in [2.05, 4.69) is 4.84 Å². The van der Waals surface area contributed by atoms with E-state index >= 15 is 0 Å². The maximum atomic E-state index is 10.7. The highest BCUT2D eigenvalue weighted by Crippen LogP contribution is 2.24. The van der Waals surface area contributed by atoms with Crippen LogP contribution >= 0.6 is 0 Å². The Kier molecular flexibility index (Phi) is 2.88. The van der Waals surface area contributed by atoms with Gasteiger partial charge in [0.1, 0.15) is 4.90 Å². The molecule has 3 N–H and O–H groups in total. The van der Waals surface area contributed by atoms with Crippen molar-refractivity contribution in [2.75, 3.05) is 0 Å². The van der Waals surface area contributed by atoms with E-state index in [1.807, 2.05) is 0 Å². The molecule has 0 saturated carbocycles. The molecule has 0 radical (unpaired) electrons. The lowest BCUT2D eigenvalue weighted by Gasteiger charge is -2.01. The number of nitrogens with two attached hydrogens (primary N) is 1. The molecule has 82 valence electrons. The van der Waals surface area contributed by atoms with E-state index in [0.29, 0.717) is 6.07 Å². The van der Waals surface area contributed by atoms with E-state index < -0.39 is 25.6 Å². The number of rotatable bonds is 3. The van der Waals surface area contributed by atoms with Gasteiger partial charge in [0.25, 0.3) is 15.8 Å². The van der Waals surface area contributed by atoms with Crippen LogP contribution in [0.3, 0.4) is 0 Å². The van der Waals surface area contributed by atoms with Crippen molar-refractivity contribution < 1.29 is 22.7 Å². The SMILES string of the molecule is NOc1cc([N+](=O)[O-])cc(S(=O)(=O)O)c1. The molecule has 0 atom stereocenters. The van der Waals surface area contributed by atoms with Crippen LogP contribution in [0.4, 0.5) is 5.69 Å². The van der Waals surface area contributed by atoms with E-state index in [-0.39, 0.29) is 5.75 Å². The van der Waals surface area contributed by atoms with E-state index in [1.54, 1.807) is 0 Å². The van der Waals surface area contributed by atoms with E-state index in [4.69, 9.17) is 10.4 Å². The van der Waals surface area contributed by atoms with Crippen molar-refractivity contribution in [1.29, 1.82) is 0 Å². The molecule has 8 nitrogen and oxygen atoms in total. The summed E-state index contributed by atoms with van der Waals surface area (Å²) in [4.78, 5) is 13.1. The lowest BCUT2D eigenvalue weighted by Crippen LogP contribution is -2.05. The average Bonchev–Trinajstić information content (AvgIpc) is 2.15. The van der Waals surface area contributed by atoms with Crippen LogP contribution in [0.2, 0.25) is 0 Å². The van der Waals surface area contributed by atoms with Crippen LogP contribution < -0.4 is 10.7 Å². The fourth-order valence-electron chi connectivity index (χ4n) is 0.879. The summed E-state index contributed by atoms with van der Waals surface area (Å²) in [6.45, 7) is 0. The van der Waals surface area contributed by atoms with Crippen LogP contribution in [0.25, 0.3) is 0 Å². The minimum Gasteiger partial charge on any atom is -0.411 e. The first-order chi connectivity index (χ1) is 6.84. The predicted molar refractivity (Wildman–Crippen MR) is 47.7 cm³/mol. The van der Waals surface area contributed by atoms with Crippen LogP contribution in [-0.2, 0) is 10.1 Å². The highest BCUT2D eigenvalue weighted by Gasteiger charge is 2.17. The van der Waals surface area contributed by atoms with Gasteiger partial charge in [-0.05, 0) is 0 Å². The van der Waals surface area contributed by atoms with Crippen molar-refractivity contribution in [3.05, 3.63) is 28.3 Å². The Morgan fingerprint density at radius 2 is 2.00 bits per heavy atom. The molecule has 0 heterocycles. The minimum atomic E-state index is -4.53. The Morgan fingerprint density at radius 3 is 2.40 bits per heavy atom. The van der Waals surface area contributed by atoms with Crippen molar-refractivity contribution in [2.45, 2.75) is 4.90 Å². The van der Waals surface area contributed by atoms with Crippen LogP contribution in [0, 0.1) is 10.1 Å². The summed E-state index contributed by atoms with van der Waals surface area (Å²) in [5.74, 6) is 4.49. The van der Waals surface area contributed by atoms with Gasteiger partial charge in [0.05, 0.1) is 11.0 Å². The van der Waals surface area contributed by atoms with Crippen molar-refractivity contribution in [1.82, 2.24) is 0 Å². The maximum absolute atomic E-state index is 10.7. The predicted octanol–water partition coefficient (Wildman–Crippen LogP) is 0.0940. The quantitative estimate of drug-likeness (QED) is 0.430. The highest BCUT2D eigenvalue weighted by molar-refractivity contribution is 7.85. The summed E-state index contributed by atoms with van der Waals surface area (Å²) in [7, 11) is -4.53. The van der Waals surface area contributed by atoms with Gasteiger partial charge in [-0.15, -0.1) is 0 Å². The second-order valence-electron chi connectivity index (χ2n) is 2.51. The topological polar surface area (TPSA) is 133 Å². The van der Waals surface area contributed by atoms with Gasteiger partial charge < -0.3 is 4.84 Å². The number of non-ortho nitro benzene ring substituents is 1. The molecule has 0 fully saturated rings. The Bertz CT molecular complexity index is 496. The molecule has 0 aliphatic heterocycles. The van der Waals surface area contributed by atoms with Crippen LogP contribution in [0.5, 0.6) is 5.75 Å². The second kappa shape index (κ2) is 3.81. The van der Waals surface area contributed by atoms with Crippen molar-refractivity contribution in [2.24, 2.45) is 5.90 Å². The largest absolute Gasteiger partial charge is 0.411 e. The summed E-state index contributed by atoms with van der Waals surface area (Å²) in [6, 6.07) is 2.48. The number of hydrogen-bond acceptors (Lipinski definition) is 6. The van der Waals surface area contributed by atoms with Gasteiger partial charge in [0, 0.05) is 12.1 Å². The van der Waals surface area contributed by atoms with E-state index in [9.17, 15) is 18.5 Å². The van der Waals surface area contributed by atoms with E-state index in [0.717, 1.165) is 12.1 Å². The monoisotopic (exact) mass is 234 g/mol. The van der Waals surface area contributed by atoms with Crippen molar-refractivity contribution in [3.63, 3.8) is 0 Å². The third-order valence-corrected chi connectivity index (χ3v) is 2.34. The van der Waals surface area contributed by atoms with Crippen molar-refractivity contribution >= 4 is 15.8 Å². The number of nitrogens with zero attached hydrogens (tertiary/aromatic N) is 1. The fourth-order valence-corrected chi connectivity index (χ4v) is 1.41. The molecule has 1 aromatic carbocycles. The summed E-state index contributed by atoms with van der Waals surface area (Å²) < 4.78 is 30.1. The molecular weight excluding hydrogens is 228 g/mol. The molecule has 9 heteroatoms. The molecule has 0 unspecified atom stereocenters. The second-order valence-corrected chi connectivity index (χ2v) is 3.93. The molecule has 0 aliphatic carbocycles.